The van der Waals surface area contributed by atoms with Crippen LogP contribution < -0.4 is 15.9 Å². The van der Waals surface area contributed by atoms with Gasteiger partial charge >= 0.3 is 39.0 Å². The number of amides is 1. The quantitative estimate of drug-likeness (QED) is 0.0310. The van der Waals surface area contributed by atoms with Gasteiger partial charge in [0.2, 0.25) is 5.91 Å². The number of aliphatic hydroxyl groups excluding tert-OH is 3. The van der Waals surface area contributed by atoms with Crippen LogP contribution in [-0.4, -0.2) is 165 Å². The average Bonchev–Trinajstić information content (AvgIpc) is 1.84. The van der Waals surface area contributed by atoms with Gasteiger partial charge in [0.15, 0.2) is 12.6 Å². The molecule has 15 nitrogen and oxygen atoms in total. The Kier molecular flexibility index (Phi) is 26.6. The van der Waals surface area contributed by atoms with Gasteiger partial charge in [-0.05, 0) is 143 Å². The van der Waals surface area contributed by atoms with Crippen molar-refractivity contribution >= 4 is 43.5 Å². The second-order valence-electron chi connectivity index (χ2n) is 26.0. The van der Waals surface area contributed by atoms with Gasteiger partial charge in [-0.2, -0.15) is 0 Å². The molecule has 3 aliphatic heterocycles. The summed E-state index contributed by atoms with van der Waals surface area (Å²) in [4.78, 5) is 32.8. The number of halogens is 6. The van der Waals surface area contributed by atoms with Gasteiger partial charge in [-0.1, -0.05) is 107 Å². The number of cyclic esters (lactones) is 1. The van der Waals surface area contributed by atoms with Crippen molar-refractivity contribution in [2.45, 2.75) is 243 Å². The number of aliphatic hydroxyl groups is 5. The van der Waals surface area contributed by atoms with Crippen LogP contribution in [0.4, 0.5) is 25.2 Å². The molecular formula is C65H102F6N2O13P2. The summed E-state index contributed by atoms with van der Waals surface area (Å²) in [5, 5.41) is 64.7. The maximum atomic E-state index is 14.7. The molecule has 5 N–H and O–H groups in total. The first-order valence-corrected chi connectivity index (χ1v) is 34.8. The third-order valence-electron chi connectivity index (χ3n) is 18.0. The van der Waals surface area contributed by atoms with Crippen molar-refractivity contribution in [3.05, 3.63) is 90.5 Å². The van der Waals surface area contributed by atoms with E-state index in [1.807, 2.05) is 32.8 Å². The van der Waals surface area contributed by atoms with Crippen molar-refractivity contribution in [2.24, 2.45) is 17.8 Å². The van der Waals surface area contributed by atoms with Crippen LogP contribution >= 0.6 is 15.7 Å². The van der Waals surface area contributed by atoms with Gasteiger partial charge in [-0.25, -0.2) is 0 Å². The number of benzene rings is 3. The Balaban J connectivity index is 0.00000190. The molecule has 3 saturated heterocycles. The zero-order chi connectivity index (χ0) is 65.8. The third-order valence-corrected chi connectivity index (χ3v) is 20.8. The van der Waals surface area contributed by atoms with Crippen LogP contribution in [0.15, 0.2) is 84.9 Å². The van der Waals surface area contributed by atoms with E-state index in [2.05, 4.69) is 84.9 Å². The molecule has 18 atom stereocenters. The number of likely N-dealkylation sites (N-methyl/N-ethyl adjacent to an activating group) is 1. The topological polar surface area (TPSA) is 197 Å². The summed E-state index contributed by atoms with van der Waals surface area (Å²) in [7, 11) is -6.56. The molecule has 0 aliphatic carbocycles. The normalized spacial score (nSPS) is 34.8. The second kappa shape index (κ2) is 31.0. The maximum absolute atomic E-state index is 14.7. The van der Waals surface area contributed by atoms with E-state index in [1.54, 1.807) is 53.4 Å². The molecule has 1 amide bonds. The third kappa shape index (κ3) is 21.9. The van der Waals surface area contributed by atoms with E-state index >= 15 is 0 Å². The van der Waals surface area contributed by atoms with Crippen molar-refractivity contribution in [1.29, 1.82) is 0 Å². The minimum absolute atomic E-state index is 0.0716. The van der Waals surface area contributed by atoms with Crippen LogP contribution in [-0.2, 0) is 44.4 Å². The minimum atomic E-state index is -10.7. The van der Waals surface area contributed by atoms with E-state index in [1.165, 1.54) is 35.5 Å². The van der Waals surface area contributed by atoms with Crippen molar-refractivity contribution < 1.29 is 88.7 Å². The number of rotatable bonds is 20. The number of esters is 1. The van der Waals surface area contributed by atoms with Crippen LogP contribution in [0.3, 0.4) is 0 Å². The molecule has 0 unspecified atom stereocenters. The number of ether oxygens (including phenoxy) is 6. The zero-order valence-electron chi connectivity index (χ0n) is 53.8. The summed E-state index contributed by atoms with van der Waals surface area (Å²) in [5.41, 5.74) is -3.38. The van der Waals surface area contributed by atoms with Crippen molar-refractivity contribution in [1.82, 2.24) is 9.80 Å². The Morgan fingerprint density at radius 3 is 1.83 bits per heavy atom. The number of methoxy groups -OCH3 is 1. The first kappa shape index (κ1) is 75.3. The number of aryl methyl sites for hydroxylation is 1. The predicted octanol–water partition coefficient (Wildman–Crippen LogP) is 11.0. The number of hydrogen-bond acceptors (Lipinski definition) is 14. The average molecular weight is 1300 g/mol. The second-order valence-corrected chi connectivity index (χ2v) is 30.3. The number of nitrogens with zero attached hydrogens (tertiary/aromatic N) is 2. The first-order valence-electron chi connectivity index (χ1n) is 31.2. The fourth-order valence-electron chi connectivity index (χ4n) is 13.1. The molecule has 0 spiro atoms. The Labute approximate surface area is 519 Å². The molecular weight excluding hydrogens is 1190 g/mol. The molecule has 23 heteroatoms. The van der Waals surface area contributed by atoms with Crippen LogP contribution in [0.5, 0.6) is 0 Å². The molecule has 0 aromatic heterocycles. The summed E-state index contributed by atoms with van der Waals surface area (Å²) in [6, 6.07) is 29.4. The van der Waals surface area contributed by atoms with Crippen LogP contribution in [0.2, 0.25) is 0 Å². The van der Waals surface area contributed by atoms with Gasteiger partial charge in [-0.15, -0.1) is 0 Å². The van der Waals surface area contributed by atoms with E-state index in [-0.39, 0.29) is 50.3 Å². The molecule has 88 heavy (non-hydrogen) atoms. The fourth-order valence-corrected chi connectivity index (χ4v) is 15.9. The molecule has 3 aromatic rings. The van der Waals surface area contributed by atoms with Gasteiger partial charge < -0.3 is 63.8 Å². The Bertz CT molecular complexity index is 2590. The first-order chi connectivity index (χ1) is 40.8. The van der Waals surface area contributed by atoms with Crippen molar-refractivity contribution in [3.63, 3.8) is 0 Å². The summed E-state index contributed by atoms with van der Waals surface area (Å²) >= 11 is 0. The van der Waals surface area contributed by atoms with Gasteiger partial charge in [0.05, 0.1) is 55.5 Å². The Hall–Kier alpha value is -3.40. The molecule has 6 rings (SSSR count). The molecule has 3 aromatic carbocycles. The van der Waals surface area contributed by atoms with Crippen LogP contribution in [0.1, 0.15) is 152 Å². The summed E-state index contributed by atoms with van der Waals surface area (Å²) in [5.74, 6) is -3.27. The zero-order valence-corrected chi connectivity index (χ0v) is 55.6. The Morgan fingerprint density at radius 1 is 0.750 bits per heavy atom. The molecule has 0 radical (unpaired) electrons. The fraction of sp³-hybridized carbons (Fsp3) is 0.692. The molecule has 0 bridgehead atoms. The molecule has 502 valence electrons. The van der Waals surface area contributed by atoms with Gasteiger partial charge in [0.1, 0.15) is 45.9 Å². The summed E-state index contributed by atoms with van der Waals surface area (Å²) in [6.07, 6.45) is -1.43. The molecule has 3 heterocycles. The van der Waals surface area contributed by atoms with Crippen molar-refractivity contribution in [2.75, 3.05) is 27.7 Å². The molecule has 0 saturated carbocycles. The van der Waals surface area contributed by atoms with E-state index < -0.39 is 118 Å². The molecule has 3 aliphatic rings. The monoisotopic (exact) mass is 1290 g/mol. The van der Waals surface area contributed by atoms with E-state index in [0.717, 1.165) is 44.9 Å². The SMILES string of the molecule is CC[C@H]1OC(=O)[C@H](C)[C@@H](O[C@H]2C[C@@](C)(OC)[C@@H](O)[C@H](C)O2)[C@H](C)[C@@H](O[C@@H]2O[C@H](C)C[C@H](N(C)C)[C@H]2O)[C@](C)(O)C[C@@H](C)CN(C(=O)CCCCCCCCCc2ccccc2[PH+](c2ccccc2)c2ccccc2)[C@H](C)[C@@H](O)[C@]1(C)O.F[P-](F)(F)(F)(F)F. The Morgan fingerprint density at radius 2 is 1.28 bits per heavy atom. The standard InChI is InChI=1S/C65H101N2O13P.F6P/c1-14-53-65(10,74)58(70)46(6)67(54(68)37-27-19-17-15-16-18-22-30-48-31-28-29-36-52(48)81(49-32-23-20-24-33-49)50-34-25-21-26-35-50)41-42(2)39-63(8,73)60(80-62-56(69)51(66(11)12)38-43(3)76-62)44(4)57(45(5)61(72)78-53)79-55-40-64(9,75-13)59(71)47(7)77-55;1-7(2,3,4,5)6/h20-21,23-26,28-29,31-36,42-47,51,53,55-60,62,69-71,73-74H,14-19,22,27,30,37-41H2,1-13H3;/q;-1/p+1/t42-,43-,44+,45-,46-,47+,51+,53-,55+,56-,57+,58-,59+,60-,62+,63-,64-,65-;/m1./s1. The van der Waals surface area contributed by atoms with Crippen LogP contribution in [0, 0.1) is 17.8 Å². The van der Waals surface area contributed by atoms with E-state index in [0.29, 0.717) is 12.8 Å². The van der Waals surface area contributed by atoms with Crippen molar-refractivity contribution in [3.8, 4) is 0 Å². The number of carbonyl (C=O) groups excluding carboxylic acids is 2. The summed E-state index contributed by atoms with van der Waals surface area (Å²) in [6.45, 7) is 17.4. The van der Waals surface area contributed by atoms with Gasteiger partial charge in [-0.3, -0.25) is 9.59 Å². The number of hydrogen-bond donors (Lipinski definition) is 5. The van der Waals surface area contributed by atoms with E-state index in [9.17, 15) is 60.3 Å². The number of unbranched alkanes of at least 4 members (excludes halogenated alkanes) is 6. The van der Waals surface area contributed by atoms with E-state index in [4.69, 9.17) is 28.4 Å². The van der Waals surface area contributed by atoms with Gasteiger partial charge in [0.25, 0.3) is 0 Å². The van der Waals surface area contributed by atoms with Crippen LogP contribution in [0.25, 0.3) is 0 Å². The van der Waals surface area contributed by atoms with Gasteiger partial charge in [0, 0.05) is 38.5 Å². The molecule has 3 fully saturated rings. The predicted molar refractivity (Wildman–Crippen MR) is 334 cm³/mol. The number of carbonyl (C=O) groups is 2. The summed E-state index contributed by atoms with van der Waals surface area (Å²) < 4.78 is 97.5.